The molecule has 3 unspecified atom stereocenters. The van der Waals surface area contributed by atoms with Crippen molar-refractivity contribution < 1.29 is 0 Å². The van der Waals surface area contributed by atoms with Crippen LogP contribution in [0.1, 0.15) is 67.2 Å². The highest BCUT2D eigenvalue weighted by molar-refractivity contribution is 4.88. The van der Waals surface area contributed by atoms with E-state index in [0.29, 0.717) is 5.41 Å². The first-order valence-electron chi connectivity index (χ1n) is 6.78. The van der Waals surface area contributed by atoms with Crippen LogP contribution in [0.3, 0.4) is 0 Å². The fourth-order valence-electron chi connectivity index (χ4n) is 3.14. The van der Waals surface area contributed by atoms with Gasteiger partial charge in [0.2, 0.25) is 0 Å². The Kier molecular flexibility index (Phi) is 4.26. The Morgan fingerprint density at radius 1 is 1.00 bits per heavy atom. The van der Waals surface area contributed by atoms with Crippen molar-refractivity contribution in [3.8, 4) is 0 Å². The average molecular weight is 210 g/mol. The standard InChI is InChI=1S/C15H30/c1-11(2)7-13-9-14(13)8-12(3)10-15(4,5)6/h11-14H,7-10H2,1-6H3. The Balaban J connectivity index is 2.16. The van der Waals surface area contributed by atoms with E-state index < -0.39 is 0 Å². The Bertz CT molecular complexity index is 185. The molecule has 0 spiro atoms. The minimum atomic E-state index is 0.516. The van der Waals surface area contributed by atoms with Crippen molar-refractivity contribution in [1.29, 1.82) is 0 Å². The van der Waals surface area contributed by atoms with Gasteiger partial charge < -0.3 is 0 Å². The molecular weight excluding hydrogens is 180 g/mol. The second-order valence-corrected chi connectivity index (χ2v) is 7.49. The monoisotopic (exact) mass is 210 g/mol. The van der Waals surface area contributed by atoms with Crippen LogP contribution in [0.5, 0.6) is 0 Å². The van der Waals surface area contributed by atoms with E-state index in [1.165, 1.54) is 25.7 Å². The van der Waals surface area contributed by atoms with E-state index in [-0.39, 0.29) is 0 Å². The molecule has 1 rings (SSSR count). The van der Waals surface area contributed by atoms with Gasteiger partial charge in [-0.25, -0.2) is 0 Å². The smallest absolute Gasteiger partial charge is 0.0380 e. The van der Waals surface area contributed by atoms with Gasteiger partial charge in [-0.2, -0.15) is 0 Å². The Morgan fingerprint density at radius 2 is 1.53 bits per heavy atom. The number of hydrogen-bond donors (Lipinski definition) is 0. The Hall–Kier alpha value is 0. The predicted molar refractivity (Wildman–Crippen MR) is 68.9 cm³/mol. The summed E-state index contributed by atoms with van der Waals surface area (Å²) in [6.07, 6.45) is 5.85. The summed E-state index contributed by atoms with van der Waals surface area (Å²) in [7, 11) is 0. The zero-order valence-corrected chi connectivity index (χ0v) is 11.6. The maximum absolute atomic E-state index is 2.44. The van der Waals surface area contributed by atoms with E-state index >= 15 is 0 Å². The first-order chi connectivity index (χ1) is 6.78. The molecule has 1 fully saturated rings. The highest BCUT2D eigenvalue weighted by Gasteiger charge is 2.37. The van der Waals surface area contributed by atoms with Crippen LogP contribution in [-0.4, -0.2) is 0 Å². The van der Waals surface area contributed by atoms with Crippen molar-refractivity contribution in [3.05, 3.63) is 0 Å². The Labute approximate surface area is 96.8 Å². The summed E-state index contributed by atoms with van der Waals surface area (Å²) in [6, 6.07) is 0. The third-order valence-corrected chi connectivity index (χ3v) is 3.51. The van der Waals surface area contributed by atoms with Gasteiger partial charge in [-0.05, 0) is 54.8 Å². The van der Waals surface area contributed by atoms with Crippen molar-refractivity contribution in [2.75, 3.05) is 0 Å². The molecule has 1 aliphatic rings. The van der Waals surface area contributed by atoms with Crippen molar-refractivity contribution >= 4 is 0 Å². The SMILES string of the molecule is CC(C)CC1CC1CC(C)CC(C)(C)C. The molecule has 0 N–H and O–H groups in total. The molecule has 0 aromatic heterocycles. The molecule has 0 amide bonds. The molecule has 0 aromatic rings. The number of hydrogen-bond acceptors (Lipinski definition) is 0. The zero-order chi connectivity index (χ0) is 11.6. The molecule has 0 bridgehead atoms. The normalized spacial score (nSPS) is 28.2. The van der Waals surface area contributed by atoms with E-state index in [1.807, 2.05) is 0 Å². The molecule has 0 aliphatic heterocycles. The van der Waals surface area contributed by atoms with Crippen LogP contribution >= 0.6 is 0 Å². The van der Waals surface area contributed by atoms with Crippen LogP contribution in [0.2, 0.25) is 0 Å². The summed E-state index contributed by atoms with van der Waals surface area (Å²) in [5.74, 6) is 3.97. The molecule has 0 saturated heterocycles. The van der Waals surface area contributed by atoms with E-state index in [2.05, 4.69) is 41.5 Å². The lowest BCUT2D eigenvalue weighted by Gasteiger charge is -2.23. The largest absolute Gasteiger partial charge is 0.0628 e. The molecule has 1 saturated carbocycles. The minimum Gasteiger partial charge on any atom is -0.0628 e. The maximum Gasteiger partial charge on any atom is -0.0380 e. The van der Waals surface area contributed by atoms with Gasteiger partial charge in [0.1, 0.15) is 0 Å². The zero-order valence-electron chi connectivity index (χ0n) is 11.6. The van der Waals surface area contributed by atoms with Gasteiger partial charge in [-0.1, -0.05) is 41.5 Å². The second-order valence-electron chi connectivity index (χ2n) is 7.49. The lowest BCUT2D eigenvalue weighted by molar-refractivity contribution is 0.285. The van der Waals surface area contributed by atoms with Gasteiger partial charge in [0.25, 0.3) is 0 Å². The fourth-order valence-corrected chi connectivity index (χ4v) is 3.14. The van der Waals surface area contributed by atoms with Crippen LogP contribution in [-0.2, 0) is 0 Å². The third kappa shape index (κ3) is 5.58. The maximum atomic E-state index is 2.44. The molecule has 90 valence electrons. The van der Waals surface area contributed by atoms with Gasteiger partial charge in [0.05, 0.1) is 0 Å². The quantitative estimate of drug-likeness (QED) is 0.590. The Morgan fingerprint density at radius 3 is 2.00 bits per heavy atom. The van der Waals surface area contributed by atoms with Crippen LogP contribution < -0.4 is 0 Å². The lowest BCUT2D eigenvalue weighted by Crippen LogP contribution is -2.11. The molecule has 3 atom stereocenters. The van der Waals surface area contributed by atoms with Crippen LogP contribution in [0.15, 0.2) is 0 Å². The molecule has 0 nitrogen and oxygen atoms in total. The summed E-state index contributed by atoms with van der Waals surface area (Å²) in [4.78, 5) is 0. The van der Waals surface area contributed by atoms with Gasteiger partial charge in [0, 0.05) is 0 Å². The first kappa shape index (κ1) is 13.1. The molecular formula is C15H30. The van der Waals surface area contributed by atoms with Crippen molar-refractivity contribution in [2.24, 2.45) is 29.1 Å². The third-order valence-electron chi connectivity index (χ3n) is 3.51. The van der Waals surface area contributed by atoms with E-state index in [1.54, 1.807) is 0 Å². The summed E-state index contributed by atoms with van der Waals surface area (Å²) in [6.45, 7) is 14.2. The van der Waals surface area contributed by atoms with Gasteiger partial charge >= 0.3 is 0 Å². The summed E-state index contributed by atoms with van der Waals surface area (Å²) in [5.41, 5.74) is 0.516. The number of rotatable bonds is 5. The highest BCUT2D eigenvalue weighted by atomic mass is 14.4. The summed E-state index contributed by atoms with van der Waals surface area (Å²) in [5, 5.41) is 0. The van der Waals surface area contributed by atoms with Crippen molar-refractivity contribution in [3.63, 3.8) is 0 Å². The fraction of sp³-hybridized carbons (Fsp3) is 1.00. The summed E-state index contributed by atoms with van der Waals surface area (Å²) >= 11 is 0. The van der Waals surface area contributed by atoms with Crippen molar-refractivity contribution in [1.82, 2.24) is 0 Å². The van der Waals surface area contributed by atoms with Crippen LogP contribution in [0.4, 0.5) is 0 Å². The average Bonchev–Trinajstić information content (AvgIpc) is 2.60. The molecule has 1 aliphatic carbocycles. The molecule has 0 radical (unpaired) electrons. The van der Waals surface area contributed by atoms with E-state index in [4.69, 9.17) is 0 Å². The van der Waals surface area contributed by atoms with Crippen LogP contribution in [0.25, 0.3) is 0 Å². The molecule has 0 aromatic carbocycles. The minimum absolute atomic E-state index is 0.516. The topological polar surface area (TPSA) is 0 Å². The van der Waals surface area contributed by atoms with E-state index in [0.717, 1.165) is 23.7 Å². The predicted octanol–water partition coefficient (Wildman–Crippen LogP) is 5.13. The van der Waals surface area contributed by atoms with Gasteiger partial charge in [-0.15, -0.1) is 0 Å². The first-order valence-corrected chi connectivity index (χ1v) is 6.78. The second kappa shape index (κ2) is 4.89. The lowest BCUT2D eigenvalue weighted by atomic mass is 9.83. The van der Waals surface area contributed by atoms with Gasteiger partial charge in [-0.3, -0.25) is 0 Å². The van der Waals surface area contributed by atoms with E-state index in [9.17, 15) is 0 Å². The summed E-state index contributed by atoms with van der Waals surface area (Å²) < 4.78 is 0. The van der Waals surface area contributed by atoms with Crippen LogP contribution in [0, 0.1) is 29.1 Å². The molecule has 0 heteroatoms. The van der Waals surface area contributed by atoms with Crippen molar-refractivity contribution in [2.45, 2.75) is 67.2 Å². The highest BCUT2D eigenvalue weighted by Crippen LogP contribution is 2.48. The molecule has 0 heterocycles. The molecule has 15 heavy (non-hydrogen) atoms. The van der Waals surface area contributed by atoms with Gasteiger partial charge in [0.15, 0.2) is 0 Å².